The molecule has 0 N–H and O–H groups in total. The zero-order valence-corrected chi connectivity index (χ0v) is 18.7. The van der Waals surface area contributed by atoms with Crippen LogP contribution in [0.1, 0.15) is 17.5 Å². The van der Waals surface area contributed by atoms with Crippen molar-refractivity contribution in [1.82, 2.24) is 24.8 Å². The summed E-state index contributed by atoms with van der Waals surface area (Å²) in [6, 6.07) is 24.0. The van der Waals surface area contributed by atoms with Crippen molar-refractivity contribution in [3.63, 3.8) is 0 Å². The Labute approximate surface area is 196 Å². The highest BCUT2D eigenvalue weighted by molar-refractivity contribution is 7.99. The summed E-state index contributed by atoms with van der Waals surface area (Å²) in [5.41, 5.74) is 4.02. The van der Waals surface area contributed by atoms with Gasteiger partial charge < -0.3 is 0 Å². The van der Waals surface area contributed by atoms with Gasteiger partial charge in [0.25, 0.3) is 5.91 Å². The van der Waals surface area contributed by atoms with Crippen LogP contribution in [0.15, 0.2) is 95.4 Å². The molecule has 0 bridgehead atoms. The second-order valence-corrected chi connectivity index (χ2v) is 8.53. The molecule has 1 aliphatic heterocycles. The summed E-state index contributed by atoms with van der Waals surface area (Å²) >= 11 is 1.38. The Balaban J connectivity index is 1.33. The monoisotopic (exact) mass is 454 g/mol. The molecule has 2 aromatic heterocycles. The Morgan fingerprint density at radius 1 is 0.909 bits per heavy atom. The van der Waals surface area contributed by atoms with Crippen LogP contribution in [0.2, 0.25) is 0 Å². The van der Waals surface area contributed by atoms with Gasteiger partial charge in [-0.3, -0.25) is 14.3 Å². The molecule has 7 nitrogen and oxygen atoms in total. The standard InChI is InChI=1S/C25H22N6OS/c32-23(31-15-13-22(29-31)20-10-5-2-6-11-20)18-33-25-28-27-24(21-12-7-14-26-16-21)30(25)17-19-8-3-1-4-9-19/h1-12,14,16H,13,15,17-18H2. The third-order valence-corrected chi connectivity index (χ3v) is 6.29. The Hall–Kier alpha value is -3.78. The van der Waals surface area contributed by atoms with Crippen molar-refractivity contribution in [2.75, 3.05) is 12.3 Å². The molecule has 8 heteroatoms. The molecule has 4 aromatic rings. The van der Waals surface area contributed by atoms with Crippen LogP contribution in [-0.4, -0.2) is 48.7 Å². The zero-order chi connectivity index (χ0) is 22.5. The summed E-state index contributed by atoms with van der Waals surface area (Å²) in [6.07, 6.45) is 4.26. The van der Waals surface area contributed by atoms with E-state index in [0.717, 1.165) is 34.6 Å². The van der Waals surface area contributed by atoms with Crippen molar-refractivity contribution in [3.8, 4) is 11.4 Å². The SMILES string of the molecule is O=C(CSc1nnc(-c2cccnc2)n1Cc1ccccc1)N1CCC(c2ccccc2)=N1. The fourth-order valence-corrected chi connectivity index (χ4v) is 4.49. The van der Waals surface area contributed by atoms with Gasteiger partial charge in [-0.2, -0.15) is 5.10 Å². The molecule has 0 radical (unpaired) electrons. The Morgan fingerprint density at radius 3 is 2.42 bits per heavy atom. The van der Waals surface area contributed by atoms with Crippen LogP contribution in [0, 0.1) is 0 Å². The molecule has 0 aliphatic carbocycles. The summed E-state index contributed by atoms with van der Waals surface area (Å²) in [5.74, 6) is 0.932. The Kier molecular flexibility index (Phi) is 6.25. The van der Waals surface area contributed by atoms with Crippen LogP contribution in [0.3, 0.4) is 0 Å². The lowest BCUT2D eigenvalue weighted by molar-refractivity contribution is -0.127. The molecule has 2 aromatic carbocycles. The van der Waals surface area contributed by atoms with E-state index < -0.39 is 0 Å². The molecular weight excluding hydrogens is 432 g/mol. The van der Waals surface area contributed by atoms with E-state index >= 15 is 0 Å². The van der Waals surface area contributed by atoms with E-state index in [1.54, 1.807) is 17.4 Å². The molecule has 3 heterocycles. The lowest BCUT2D eigenvalue weighted by Gasteiger charge is -2.12. The minimum absolute atomic E-state index is 0.0388. The zero-order valence-electron chi connectivity index (χ0n) is 17.9. The second-order valence-electron chi connectivity index (χ2n) is 7.59. The van der Waals surface area contributed by atoms with Crippen LogP contribution >= 0.6 is 11.8 Å². The molecule has 33 heavy (non-hydrogen) atoms. The van der Waals surface area contributed by atoms with E-state index in [1.807, 2.05) is 65.2 Å². The quantitative estimate of drug-likeness (QED) is 0.393. The molecular formula is C25H22N6OS. The molecule has 5 rings (SSSR count). The Bertz CT molecular complexity index is 1260. The number of amides is 1. The number of hydrazone groups is 1. The highest BCUT2D eigenvalue weighted by Crippen LogP contribution is 2.25. The highest BCUT2D eigenvalue weighted by Gasteiger charge is 2.23. The summed E-state index contributed by atoms with van der Waals surface area (Å²) in [7, 11) is 0. The third kappa shape index (κ3) is 4.85. The lowest BCUT2D eigenvalue weighted by Crippen LogP contribution is -2.25. The average Bonchev–Trinajstić information content (AvgIpc) is 3.52. The maximum Gasteiger partial charge on any atom is 0.253 e. The minimum atomic E-state index is -0.0388. The minimum Gasteiger partial charge on any atom is -0.297 e. The van der Waals surface area contributed by atoms with Gasteiger partial charge in [-0.05, 0) is 23.3 Å². The van der Waals surface area contributed by atoms with E-state index in [4.69, 9.17) is 0 Å². The van der Waals surface area contributed by atoms with Crippen LogP contribution in [0.25, 0.3) is 11.4 Å². The number of hydrogen-bond acceptors (Lipinski definition) is 6. The van der Waals surface area contributed by atoms with E-state index in [0.29, 0.717) is 18.2 Å². The molecule has 0 saturated carbocycles. The predicted molar refractivity (Wildman–Crippen MR) is 129 cm³/mol. The summed E-state index contributed by atoms with van der Waals surface area (Å²) in [5, 5.41) is 15.6. The van der Waals surface area contributed by atoms with Gasteiger partial charge in [0.2, 0.25) is 0 Å². The van der Waals surface area contributed by atoms with Gasteiger partial charge in [-0.1, -0.05) is 72.4 Å². The van der Waals surface area contributed by atoms with E-state index in [2.05, 4.69) is 32.4 Å². The van der Waals surface area contributed by atoms with Crippen LogP contribution in [0.4, 0.5) is 0 Å². The van der Waals surface area contributed by atoms with E-state index in [1.165, 1.54) is 11.8 Å². The first-order chi connectivity index (χ1) is 16.3. The molecule has 1 amide bonds. The second kappa shape index (κ2) is 9.79. The van der Waals surface area contributed by atoms with Crippen molar-refractivity contribution in [3.05, 3.63) is 96.3 Å². The van der Waals surface area contributed by atoms with Gasteiger partial charge in [0, 0.05) is 24.4 Å². The van der Waals surface area contributed by atoms with Gasteiger partial charge in [-0.15, -0.1) is 10.2 Å². The number of hydrogen-bond donors (Lipinski definition) is 0. The number of rotatable bonds is 7. The highest BCUT2D eigenvalue weighted by atomic mass is 32.2. The van der Waals surface area contributed by atoms with Gasteiger partial charge in [-0.25, -0.2) is 5.01 Å². The predicted octanol–water partition coefficient (Wildman–Crippen LogP) is 4.12. The van der Waals surface area contributed by atoms with Gasteiger partial charge >= 0.3 is 0 Å². The molecule has 1 aliphatic rings. The number of carbonyl (C=O) groups is 1. The average molecular weight is 455 g/mol. The molecule has 0 unspecified atom stereocenters. The van der Waals surface area contributed by atoms with Crippen molar-refractivity contribution in [1.29, 1.82) is 0 Å². The van der Waals surface area contributed by atoms with Crippen LogP contribution in [0.5, 0.6) is 0 Å². The summed E-state index contributed by atoms with van der Waals surface area (Å²) < 4.78 is 2.03. The molecule has 0 fully saturated rings. The largest absolute Gasteiger partial charge is 0.297 e. The maximum atomic E-state index is 12.9. The maximum absolute atomic E-state index is 12.9. The third-order valence-electron chi connectivity index (χ3n) is 5.34. The summed E-state index contributed by atoms with van der Waals surface area (Å²) in [6.45, 7) is 1.20. The van der Waals surface area contributed by atoms with Crippen molar-refractivity contribution < 1.29 is 4.79 Å². The normalized spacial score (nSPS) is 13.2. The van der Waals surface area contributed by atoms with E-state index in [-0.39, 0.29) is 11.7 Å². The van der Waals surface area contributed by atoms with Crippen LogP contribution in [-0.2, 0) is 11.3 Å². The number of pyridine rings is 1. The summed E-state index contributed by atoms with van der Waals surface area (Å²) in [4.78, 5) is 17.1. The van der Waals surface area contributed by atoms with Crippen molar-refractivity contribution in [2.24, 2.45) is 5.10 Å². The van der Waals surface area contributed by atoms with Gasteiger partial charge in [0.05, 0.1) is 24.6 Å². The number of benzene rings is 2. The van der Waals surface area contributed by atoms with E-state index in [9.17, 15) is 4.79 Å². The van der Waals surface area contributed by atoms with Crippen molar-refractivity contribution >= 4 is 23.4 Å². The number of aromatic nitrogens is 4. The first kappa shape index (κ1) is 21.1. The van der Waals surface area contributed by atoms with Gasteiger partial charge in [0.15, 0.2) is 11.0 Å². The number of thioether (sulfide) groups is 1. The van der Waals surface area contributed by atoms with Gasteiger partial charge in [0.1, 0.15) is 0 Å². The number of nitrogens with zero attached hydrogens (tertiary/aromatic N) is 6. The molecule has 0 atom stereocenters. The smallest absolute Gasteiger partial charge is 0.253 e. The fraction of sp³-hybridized carbons (Fsp3) is 0.160. The van der Waals surface area contributed by atoms with Crippen molar-refractivity contribution in [2.45, 2.75) is 18.1 Å². The fourth-order valence-electron chi connectivity index (χ4n) is 3.68. The van der Waals surface area contributed by atoms with Crippen LogP contribution < -0.4 is 0 Å². The topological polar surface area (TPSA) is 76.3 Å². The molecule has 0 saturated heterocycles. The number of carbonyl (C=O) groups excluding carboxylic acids is 1. The first-order valence-electron chi connectivity index (χ1n) is 10.7. The lowest BCUT2D eigenvalue weighted by atomic mass is 10.1. The Morgan fingerprint density at radius 2 is 1.67 bits per heavy atom. The molecule has 164 valence electrons. The first-order valence-corrected chi connectivity index (χ1v) is 11.7. The molecule has 0 spiro atoms.